The maximum absolute atomic E-state index is 13.1. The van der Waals surface area contributed by atoms with E-state index in [1.165, 1.54) is 218 Å². The topological polar surface area (TPSA) is 237 Å². The number of rotatable bonds is 80. The van der Waals surface area contributed by atoms with Crippen molar-refractivity contribution in [1.82, 2.24) is 0 Å². The van der Waals surface area contributed by atoms with Crippen molar-refractivity contribution in [1.29, 1.82) is 0 Å². The van der Waals surface area contributed by atoms with E-state index in [9.17, 15) is 43.2 Å². The molecule has 0 aromatic carbocycles. The number of carbonyl (C=O) groups excluding carboxylic acids is 4. The molecule has 0 bridgehead atoms. The van der Waals surface area contributed by atoms with E-state index >= 15 is 0 Å². The number of unbranched alkanes of at least 4 members (excludes halogenated alkanes) is 50. The van der Waals surface area contributed by atoms with Crippen molar-refractivity contribution >= 4 is 39.5 Å². The molecule has 0 aromatic heterocycles. The highest BCUT2D eigenvalue weighted by Crippen LogP contribution is 2.45. The number of aliphatic hydroxyl groups excluding tert-OH is 1. The van der Waals surface area contributed by atoms with E-state index in [4.69, 9.17) is 37.0 Å². The number of phosphoric acid groups is 2. The number of carbonyl (C=O) groups is 4. The van der Waals surface area contributed by atoms with Gasteiger partial charge >= 0.3 is 39.5 Å². The lowest BCUT2D eigenvalue weighted by atomic mass is 10.0. The van der Waals surface area contributed by atoms with Crippen LogP contribution >= 0.6 is 15.6 Å². The molecule has 0 aromatic rings. The van der Waals surface area contributed by atoms with E-state index in [0.29, 0.717) is 25.7 Å². The standard InChI is InChI=1S/C81H154O17P2/c1-5-9-13-17-21-25-29-33-36-37-40-44-48-52-56-60-64-68-81(86)98-77(72-92-79(84)66-62-58-54-50-46-43-39-35-31-27-23-19-15-11-7-3)74-96-100(89,90)94-70-75(82)69-93-99(87,88)95-73-76(97-80(85)67-63-59-55-51-47-41-32-28-24-20-16-12-8-4)71-91-78(83)65-61-57-53-49-45-42-38-34-30-26-22-18-14-10-6-2/h22,26,34,38,75-77,82H,5-21,23-25,27-33,35-37,39-74H2,1-4H3,(H,87,88)(H,89,90)/b26-22-,38-34-/t75-,76+,77+/m0/s1. The molecule has 17 nitrogen and oxygen atoms in total. The van der Waals surface area contributed by atoms with E-state index < -0.39 is 97.5 Å². The lowest BCUT2D eigenvalue weighted by Crippen LogP contribution is -2.30. The number of esters is 4. The third-order valence-corrected chi connectivity index (χ3v) is 20.4. The van der Waals surface area contributed by atoms with Crippen LogP contribution in [0.3, 0.4) is 0 Å². The molecule has 0 fully saturated rings. The number of hydrogen-bond acceptors (Lipinski definition) is 15. The molecule has 19 heteroatoms. The highest BCUT2D eigenvalue weighted by Gasteiger charge is 2.30. The maximum atomic E-state index is 13.1. The molecule has 0 aliphatic carbocycles. The number of ether oxygens (including phenoxy) is 4. The van der Waals surface area contributed by atoms with Crippen LogP contribution in [0.15, 0.2) is 24.3 Å². The van der Waals surface area contributed by atoms with Crippen molar-refractivity contribution in [2.24, 2.45) is 0 Å². The normalized spacial score (nSPS) is 13.9. The average molecular weight is 1460 g/mol. The number of allylic oxidation sites excluding steroid dienone is 4. The Hall–Kier alpha value is -2.46. The summed E-state index contributed by atoms with van der Waals surface area (Å²) in [4.78, 5) is 73.0. The minimum atomic E-state index is -4.97. The summed E-state index contributed by atoms with van der Waals surface area (Å²) in [5.41, 5.74) is 0. The predicted octanol–water partition coefficient (Wildman–Crippen LogP) is 24.1. The second kappa shape index (κ2) is 74.8. The Bertz CT molecular complexity index is 1990. The molecule has 3 N–H and O–H groups in total. The number of phosphoric ester groups is 2. The highest BCUT2D eigenvalue weighted by atomic mass is 31.2. The van der Waals surface area contributed by atoms with E-state index in [1.807, 2.05) is 0 Å². The first-order valence-electron chi connectivity index (χ1n) is 41.6. The molecule has 0 aliphatic rings. The minimum Gasteiger partial charge on any atom is -0.462 e. The van der Waals surface area contributed by atoms with Gasteiger partial charge in [-0.25, -0.2) is 9.13 Å². The Balaban J connectivity index is 5.29. The van der Waals surface area contributed by atoms with Crippen LogP contribution < -0.4 is 0 Å². The third kappa shape index (κ3) is 73.8. The third-order valence-electron chi connectivity index (χ3n) is 18.4. The van der Waals surface area contributed by atoms with Gasteiger partial charge in [0, 0.05) is 25.7 Å². The first-order valence-corrected chi connectivity index (χ1v) is 44.6. The number of aliphatic hydroxyl groups is 1. The van der Waals surface area contributed by atoms with Crippen LogP contribution in [0.5, 0.6) is 0 Å². The van der Waals surface area contributed by atoms with Gasteiger partial charge < -0.3 is 33.8 Å². The Labute approximate surface area is 612 Å². The van der Waals surface area contributed by atoms with E-state index in [0.717, 1.165) is 116 Å². The van der Waals surface area contributed by atoms with Gasteiger partial charge in [-0.1, -0.05) is 354 Å². The van der Waals surface area contributed by atoms with Gasteiger partial charge in [-0.05, 0) is 57.8 Å². The molecule has 0 amide bonds. The molecule has 0 radical (unpaired) electrons. The van der Waals surface area contributed by atoms with Crippen LogP contribution in [0.4, 0.5) is 0 Å². The van der Waals surface area contributed by atoms with E-state index in [2.05, 4.69) is 52.0 Å². The van der Waals surface area contributed by atoms with Gasteiger partial charge in [0.1, 0.15) is 19.3 Å². The lowest BCUT2D eigenvalue weighted by Gasteiger charge is -2.21. The summed E-state index contributed by atoms with van der Waals surface area (Å²) in [5, 5.41) is 10.6. The van der Waals surface area contributed by atoms with Gasteiger partial charge in [-0.3, -0.25) is 37.3 Å². The van der Waals surface area contributed by atoms with E-state index in [1.54, 1.807) is 0 Å². The fourth-order valence-electron chi connectivity index (χ4n) is 12.1. The van der Waals surface area contributed by atoms with Crippen LogP contribution in [-0.2, 0) is 65.4 Å². The summed E-state index contributed by atoms with van der Waals surface area (Å²) in [6.45, 7) is 4.97. The van der Waals surface area contributed by atoms with Gasteiger partial charge in [0.25, 0.3) is 0 Å². The van der Waals surface area contributed by atoms with Crippen molar-refractivity contribution < 1.29 is 80.2 Å². The Kier molecular flexibility index (Phi) is 73.0. The van der Waals surface area contributed by atoms with Crippen molar-refractivity contribution in [2.45, 2.75) is 431 Å². The molecule has 2 unspecified atom stereocenters. The zero-order chi connectivity index (χ0) is 73.2. The van der Waals surface area contributed by atoms with Gasteiger partial charge in [-0.2, -0.15) is 0 Å². The molecule has 5 atom stereocenters. The fourth-order valence-corrected chi connectivity index (χ4v) is 13.7. The van der Waals surface area contributed by atoms with Crippen molar-refractivity contribution in [3.8, 4) is 0 Å². The van der Waals surface area contributed by atoms with E-state index in [-0.39, 0.29) is 25.7 Å². The van der Waals surface area contributed by atoms with Crippen LogP contribution in [0.25, 0.3) is 0 Å². The monoisotopic (exact) mass is 1460 g/mol. The van der Waals surface area contributed by atoms with Crippen LogP contribution in [0, 0.1) is 0 Å². The SMILES string of the molecule is CCCCC/C=C\C/C=C\CCCCCCCC(=O)OC[C@H](COP(=O)(O)OC[C@H](O)COP(=O)(O)OC[C@@H](COC(=O)CCCCCCCCCCCCCCCCC)OC(=O)CCCCCCCCCCCCCCCCCCC)OC(=O)CCCCCCCCCCCCCCC. The first kappa shape index (κ1) is 97.5. The minimum absolute atomic E-state index is 0.102. The summed E-state index contributed by atoms with van der Waals surface area (Å²) in [5.74, 6) is -2.13. The second-order valence-electron chi connectivity index (χ2n) is 28.4. The summed E-state index contributed by atoms with van der Waals surface area (Å²) < 4.78 is 68.7. The lowest BCUT2D eigenvalue weighted by molar-refractivity contribution is -0.161. The Morgan fingerprint density at radius 2 is 0.490 bits per heavy atom. The fraction of sp³-hybridized carbons (Fsp3) is 0.901. The summed E-state index contributed by atoms with van der Waals surface area (Å²) >= 11 is 0. The molecule has 0 rings (SSSR count). The van der Waals surface area contributed by atoms with Crippen molar-refractivity contribution in [3.63, 3.8) is 0 Å². The molecule has 0 saturated heterocycles. The Morgan fingerprint density at radius 3 is 0.760 bits per heavy atom. The van der Waals surface area contributed by atoms with Crippen molar-refractivity contribution in [2.75, 3.05) is 39.6 Å². The largest absolute Gasteiger partial charge is 0.472 e. The predicted molar refractivity (Wildman–Crippen MR) is 409 cm³/mol. The van der Waals surface area contributed by atoms with Crippen LogP contribution in [-0.4, -0.2) is 96.7 Å². The van der Waals surface area contributed by atoms with Crippen LogP contribution in [0.2, 0.25) is 0 Å². The molecule has 590 valence electrons. The first-order chi connectivity index (χ1) is 48.7. The van der Waals surface area contributed by atoms with Crippen molar-refractivity contribution in [3.05, 3.63) is 24.3 Å². The van der Waals surface area contributed by atoms with Crippen LogP contribution in [0.1, 0.15) is 413 Å². The molecule has 100 heavy (non-hydrogen) atoms. The van der Waals surface area contributed by atoms with Gasteiger partial charge in [0.05, 0.1) is 26.4 Å². The summed E-state index contributed by atoms with van der Waals surface area (Å²) in [7, 11) is -9.93. The van der Waals surface area contributed by atoms with Gasteiger partial charge in [-0.15, -0.1) is 0 Å². The molecule has 0 saturated carbocycles. The average Bonchev–Trinajstić information content (AvgIpc) is 0.958. The number of hydrogen-bond donors (Lipinski definition) is 3. The van der Waals surface area contributed by atoms with Gasteiger partial charge in [0.15, 0.2) is 12.2 Å². The highest BCUT2D eigenvalue weighted by molar-refractivity contribution is 7.47. The molecular formula is C81H154O17P2. The summed E-state index contributed by atoms with van der Waals surface area (Å²) in [6.07, 6.45) is 70.0. The molecule has 0 aliphatic heterocycles. The quantitative estimate of drug-likeness (QED) is 0.0169. The smallest absolute Gasteiger partial charge is 0.462 e. The molecule has 0 heterocycles. The zero-order valence-corrected chi connectivity index (χ0v) is 66.5. The second-order valence-corrected chi connectivity index (χ2v) is 31.4. The zero-order valence-electron chi connectivity index (χ0n) is 64.7. The molecular weight excluding hydrogens is 1310 g/mol. The Morgan fingerprint density at radius 1 is 0.280 bits per heavy atom. The van der Waals surface area contributed by atoms with Gasteiger partial charge in [0.2, 0.25) is 0 Å². The maximum Gasteiger partial charge on any atom is 0.472 e. The summed E-state index contributed by atoms with van der Waals surface area (Å²) in [6, 6.07) is 0. The molecule has 0 spiro atoms.